The molecule has 4 heteroatoms. The highest BCUT2D eigenvalue weighted by Gasteiger charge is 2.39. The summed E-state index contributed by atoms with van der Waals surface area (Å²) in [5.41, 5.74) is 0. The molecule has 4 aliphatic rings. The molecule has 0 aromatic rings. The van der Waals surface area contributed by atoms with Crippen molar-refractivity contribution < 1.29 is 4.79 Å². The summed E-state index contributed by atoms with van der Waals surface area (Å²) < 4.78 is 0. The Balaban J connectivity index is 0.00000144. The molecule has 4 fully saturated rings. The predicted octanol–water partition coefficient (Wildman–Crippen LogP) is 3.08. The van der Waals surface area contributed by atoms with Gasteiger partial charge in [-0.1, -0.05) is 25.7 Å². The molecule has 4 rings (SSSR count). The van der Waals surface area contributed by atoms with Crippen LogP contribution in [0, 0.1) is 29.6 Å². The normalized spacial score (nSPS) is 41.3. The third kappa shape index (κ3) is 3.17. The zero-order valence-electron chi connectivity index (χ0n) is 13.6. The first-order valence-electron chi connectivity index (χ1n) is 9.31. The zero-order valence-corrected chi connectivity index (χ0v) is 14.5. The molecule has 3 nitrogen and oxygen atoms in total. The Morgan fingerprint density at radius 3 is 2.50 bits per heavy atom. The van der Waals surface area contributed by atoms with Crippen molar-refractivity contribution in [3.63, 3.8) is 0 Å². The molecule has 5 unspecified atom stereocenters. The number of carbonyl (C=O) groups is 1. The maximum Gasteiger partial charge on any atom is 0.225 e. The summed E-state index contributed by atoms with van der Waals surface area (Å²) in [4.78, 5) is 15.1. The lowest BCUT2D eigenvalue weighted by atomic mass is 9.67. The van der Waals surface area contributed by atoms with Crippen LogP contribution in [-0.4, -0.2) is 37.0 Å². The first-order valence-corrected chi connectivity index (χ1v) is 9.31. The van der Waals surface area contributed by atoms with Crippen molar-refractivity contribution in [1.82, 2.24) is 10.2 Å². The van der Waals surface area contributed by atoms with E-state index < -0.39 is 0 Å². The second kappa shape index (κ2) is 7.09. The van der Waals surface area contributed by atoms with Gasteiger partial charge in [0.25, 0.3) is 0 Å². The van der Waals surface area contributed by atoms with Crippen LogP contribution in [0.25, 0.3) is 0 Å². The monoisotopic (exact) mass is 326 g/mol. The van der Waals surface area contributed by atoms with Crippen LogP contribution in [0.5, 0.6) is 0 Å². The van der Waals surface area contributed by atoms with Gasteiger partial charge in [-0.25, -0.2) is 0 Å². The average Bonchev–Trinajstić information content (AvgIpc) is 3.01. The summed E-state index contributed by atoms with van der Waals surface area (Å²) in [5, 5.41) is 3.50. The van der Waals surface area contributed by atoms with Crippen molar-refractivity contribution in [3.8, 4) is 0 Å². The second-order valence-corrected chi connectivity index (χ2v) is 8.07. The summed E-state index contributed by atoms with van der Waals surface area (Å²) in [6, 6.07) is 0. The molecular formula is C18H31ClN2O. The molecule has 2 aliphatic heterocycles. The highest BCUT2D eigenvalue weighted by molar-refractivity contribution is 5.85. The number of carbonyl (C=O) groups excluding carboxylic acids is 1. The number of piperidine rings is 1. The minimum atomic E-state index is 0. The molecule has 2 aliphatic carbocycles. The standard InChI is InChI=1S/C18H30N2O.ClH/c21-18(20-8-7-16-10-19-11-17(16)12-20)15-6-5-13-3-1-2-4-14(13)9-15;/h13-17,19H,1-12H2;1H. The van der Waals surface area contributed by atoms with Crippen molar-refractivity contribution in [2.75, 3.05) is 26.2 Å². The van der Waals surface area contributed by atoms with Gasteiger partial charge < -0.3 is 10.2 Å². The van der Waals surface area contributed by atoms with Crippen LogP contribution >= 0.6 is 12.4 Å². The van der Waals surface area contributed by atoms with Crippen LogP contribution in [-0.2, 0) is 4.79 Å². The summed E-state index contributed by atoms with van der Waals surface area (Å²) >= 11 is 0. The van der Waals surface area contributed by atoms with E-state index in [0.29, 0.717) is 11.8 Å². The molecule has 1 N–H and O–H groups in total. The summed E-state index contributed by atoms with van der Waals surface area (Å²) in [5.74, 6) is 4.25. The quantitative estimate of drug-likeness (QED) is 0.803. The predicted molar refractivity (Wildman–Crippen MR) is 91.1 cm³/mol. The van der Waals surface area contributed by atoms with Crippen LogP contribution in [0.3, 0.4) is 0 Å². The third-order valence-electron chi connectivity index (χ3n) is 6.91. The van der Waals surface area contributed by atoms with E-state index in [1.807, 2.05) is 0 Å². The number of rotatable bonds is 1. The SMILES string of the molecule is Cl.O=C(C1CCC2CCCCC2C1)N1CCC2CNCC2C1. The smallest absolute Gasteiger partial charge is 0.225 e. The molecule has 0 spiro atoms. The number of hydrogen-bond donors (Lipinski definition) is 1. The Labute approximate surface area is 141 Å². The second-order valence-electron chi connectivity index (χ2n) is 8.07. The Hall–Kier alpha value is -0.280. The third-order valence-corrected chi connectivity index (χ3v) is 6.91. The van der Waals surface area contributed by atoms with E-state index in [4.69, 9.17) is 0 Å². The van der Waals surface area contributed by atoms with E-state index in [1.165, 1.54) is 57.9 Å². The Kier molecular flexibility index (Phi) is 5.34. The fourth-order valence-corrected chi connectivity index (χ4v) is 5.59. The van der Waals surface area contributed by atoms with Gasteiger partial charge >= 0.3 is 0 Å². The van der Waals surface area contributed by atoms with Crippen LogP contribution in [0.15, 0.2) is 0 Å². The fourth-order valence-electron chi connectivity index (χ4n) is 5.59. The Morgan fingerprint density at radius 1 is 0.864 bits per heavy atom. The van der Waals surface area contributed by atoms with Crippen LogP contribution < -0.4 is 5.32 Å². The van der Waals surface area contributed by atoms with Crippen molar-refractivity contribution in [2.45, 2.75) is 51.4 Å². The van der Waals surface area contributed by atoms with Crippen LogP contribution in [0.2, 0.25) is 0 Å². The Morgan fingerprint density at radius 2 is 1.64 bits per heavy atom. The van der Waals surface area contributed by atoms with E-state index in [0.717, 1.165) is 43.3 Å². The molecule has 2 saturated heterocycles. The minimum absolute atomic E-state index is 0. The lowest BCUT2D eigenvalue weighted by Gasteiger charge is -2.42. The molecule has 2 saturated carbocycles. The summed E-state index contributed by atoms with van der Waals surface area (Å²) in [6.45, 7) is 4.36. The Bertz CT molecular complexity index is 403. The molecular weight excluding hydrogens is 296 g/mol. The van der Waals surface area contributed by atoms with Gasteiger partial charge in [-0.3, -0.25) is 4.79 Å². The van der Waals surface area contributed by atoms with Crippen molar-refractivity contribution in [3.05, 3.63) is 0 Å². The van der Waals surface area contributed by atoms with E-state index >= 15 is 0 Å². The average molecular weight is 327 g/mol. The van der Waals surface area contributed by atoms with E-state index in [-0.39, 0.29) is 12.4 Å². The van der Waals surface area contributed by atoms with Gasteiger partial charge in [0.05, 0.1) is 0 Å². The molecule has 0 bridgehead atoms. The largest absolute Gasteiger partial charge is 0.342 e. The van der Waals surface area contributed by atoms with Crippen molar-refractivity contribution in [1.29, 1.82) is 0 Å². The number of nitrogens with one attached hydrogen (secondary N) is 1. The van der Waals surface area contributed by atoms with Gasteiger partial charge in [-0.2, -0.15) is 0 Å². The van der Waals surface area contributed by atoms with Gasteiger partial charge in [0, 0.05) is 19.0 Å². The molecule has 0 aromatic heterocycles. The van der Waals surface area contributed by atoms with E-state index in [9.17, 15) is 4.79 Å². The topological polar surface area (TPSA) is 32.3 Å². The van der Waals surface area contributed by atoms with Gasteiger partial charge in [0.15, 0.2) is 0 Å². The van der Waals surface area contributed by atoms with Crippen LogP contribution in [0.4, 0.5) is 0 Å². The van der Waals surface area contributed by atoms with Crippen LogP contribution in [0.1, 0.15) is 51.4 Å². The zero-order chi connectivity index (χ0) is 14.2. The summed E-state index contributed by atoms with van der Waals surface area (Å²) in [6.07, 6.45) is 10.6. The number of halogens is 1. The van der Waals surface area contributed by atoms with Gasteiger partial charge in [-0.15, -0.1) is 12.4 Å². The van der Waals surface area contributed by atoms with E-state index in [1.54, 1.807) is 0 Å². The molecule has 1 amide bonds. The van der Waals surface area contributed by atoms with E-state index in [2.05, 4.69) is 10.2 Å². The number of amides is 1. The lowest BCUT2D eigenvalue weighted by molar-refractivity contribution is -0.140. The lowest BCUT2D eigenvalue weighted by Crippen LogP contribution is -2.47. The molecule has 0 radical (unpaired) electrons. The molecule has 126 valence electrons. The molecule has 0 aromatic carbocycles. The molecule has 2 heterocycles. The highest BCUT2D eigenvalue weighted by Crippen LogP contribution is 2.43. The molecule has 5 atom stereocenters. The van der Waals surface area contributed by atoms with Gasteiger partial charge in [0.2, 0.25) is 5.91 Å². The highest BCUT2D eigenvalue weighted by atomic mass is 35.5. The maximum absolute atomic E-state index is 12.9. The first kappa shape index (κ1) is 16.6. The van der Waals surface area contributed by atoms with Crippen molar-refractivity contribution in [2.24, 2.45) is 29.6 Å². The number of likely N-dealkylation sites (tertiary alicyclic amines) is 1. The number of hydrogen-bond acceptors (Lipinski definition) is 2. The minimum Gasteiger partial charge on any atom is -0.342 e. The van der Waals surface area contributed by atoms with Gasteiger partial charge in [-0.05, 0) is 62.4 Å². The number of fused-ring (bicyclic) bond motifs is 2. The summed E-state index contributed by atoms with van der Waals surface area (Å²) in [7, 11) is 0. The van der Waals surface area contributed by atoms with Gasteiger partial charge in [0.1, 0.15) is 0 Å². The fraction of sp³-hybridized carbons (Fsp3) is 0.944. The molecule has 22 heavy (non-hydrogen) atoms. The van der Waals surface area contributed by atoms with Crippen molar-refractivity contribution >= 4 is 18.3 Å². The number of nitrogens with zero attached hydrogens (tertiary/aromatic N) is 1. The first-order chi connectivity index (χ1) is 10.3. The maximum atomic E-state index is 12.9.